The Labute approximate surface area is 313 Å². The summed E-state index contributed by atoms with van der Waals surface area (Å²) in [6, 6.07) is 48.7. The Balaban J connectivity index is 1.59. The van der Waals surface area contributed by atoms with Crippen molar-refractivity contribution in [1.29, 1.82) is 0 Å². The minimum Gasteiger partial charge on any atom is -0.298 e. The lowest BCUT2D eigenvalue weighted by molar-refractivity contribution is 0.111. The third-order valence-electron chi connectivity index (χ3n) is 9.12. The van der Waals surface area contributed by atoms with Crippen molar-refractivity contribution in [2.24, 2.45) is 4.76 Å². The highest BCUT2D eigenvalue weighted by Crippen LogP contribution is 2.65. The van der Waals surface area contributed by atoms with Crippen molar-refractivity contribution < 1.29 is 22.4 Å². The molecule has 2 nitrogen and oxygen atoms in total. The molecule has 0 amide bonds. The molecule has 0 radical (unpaired) electrons. The largest absolute Gasteiger partial charge is 0.298 e. The molecule has 7 rings (SSSR count). The van der Waals surface area contributed by atoms with Gasteiger partial charge in [0.15, 0.2) is 29.6 Å². The number of allylic oxidation sites excluding steroid dienone is 5. The molecule has 0 saturated carbocycles. The van der Waals surface area contributed by atoms with Crippen molar-refractivity contribution in [2.75, 3.05) is 5.90 Å². The van der Waals surface area contributed by atoms with Gasteiger partial charge in [0.25, 0.3) is 0 Å². The summed E-state index contributed by atoms with van der Waals surface area (Å²) in [6.45, 7) is 0. The van der Waals surface area contributed by atoms with Crippen LogP contribution in [0.2, 0.25) is 0 Å². The van der Waals surface area contributed by atoms with Crippen LogP contribution < -0.4 is 21.2 Å². The summed E-state index contributed by atoms with van der Waals surface area (Å²) in [4.78, 5) is 11.6. The summed E-state index contributed by atoms with van der Waals surface area (Å²) in [5.74, 6) is -6.44. The van der Waals surface area contributed by atoms with Crippen LogP contribution in [0.1, 0.15) is 21.5 Å². The molecule has 0 atom stereocenters. The quantitative estimate of drug-likeness (QED) is 0.0233. The molecule has 0 bridgehead atoms. The second-order valence-electron chi connectivity index (χ2n) is 12.3. The second-order valence-corrected chi connectivity index (χ2v) is 18.1. The zero-order chi connectivity index (χ0) is 37.5. The van der Waals surface area contributed by atoms with Crippen molar-refractivity contribution in [3.63, 3.8) is 0 Å². The van der Waals surface area contributed by atoms with Crippen LogP contribution in [0.15, 0.2) is 186 Å². The normalized spacial score (nSPS) is 13.0. The van der Waals surface area contributed by atoms with Gasteiger partial charge < -0.3 is 0 Å². The van der Waals surface area contributed by atoms with E-state index in [9.17, 15) is 4.79 Å². The predicted octanol–water partition coefficient (Wildman–Crippen LogP) is 10.4. The van der Waals surface area contributed by atoms with E-state index in [0.29, 0.717) is 17.0 Å². The highest BCUT2D eigenvalue weighted by molar-refractivity contribution is 7.97. The first-order chi connectivity index (χ1) is 26.4. The number of carbonyl (C=O) groups excluding carboxylic acids is 1. The summed E-state index contributed by atoms with van der Waals surface area (Å²) >= 11 is 0. The topological polar surface area (TPSA) is 29.4 Å². The standard InChI is InChI=1S/C46H32F4NOP2/c47-43-40(31-52)44(48)46(50)42(45(43)49)39(41(34-20-16-17-21-34)33-18-6-1-7-19-33)30-51-54(37-26-12-4-13-27-37,38-28-14-5-15-29-38)32-53(35-22-8-2-9-23-35)36-24-10-3-11-25-36/h1-20,22-31H,32H2/q+1/b41-39-,51-30+. The third-order valence-corrected chi connectivity index (χ3v) is 16.5. The fourth-order valence-corrected chi connectivity index (χ4v) is 14.6. The molecule has 1 aliphatic rings. The number of benzene rings is 6. The van der Waals surface area contributed by atoms with Crippen LogP contribution in [-0.4, -0.2) is 18.4 Å². The highest BCUT2D eigenvalue weighted by atomic mass is 31.2. The van der Waals surface area contributed by atoms with Crippen molar-refractivity contribution >= 4 is 60.2 Å². The van der Waals surface area contributed by atoms with E-state index in [1.165, 1.54) is 6.21 Å². The fraction of sp³-hybridized carbons (Fsp3) is 0.0217. The lowest BCUT2D eigenvalue weighted by Gasteiger charge is -2.28. The zero-order valence-corrected chi connectivity index (χ0v) is 30.6. The van der Waals surface area contributed by atoms with Gasteiger partial charge in [0, 0.05) is 16.7 Å². The number of rotatable bonds is 12. The number of hydrogen-bond acceptors (Lipinski definition) is 2. The maximum atomic E-state index is 16.3. The summed E-state index contributed by atoms with van der Waals surface area (Å²) in [5.41, 5.74) is 1.83. The van der Waals surface area contributed by atoms with E-state index in [2.05, 4.69) is 30.0 Å². The molecule has 0 N–H and O–H groups in total. The zero-order valence-electron chi connectivity index (χ0n) is 28.8. The van der Waals surface area contributed by atoms with Gasteiger partial charge in [0.1, 0.15) is 16.5 Å². The lowest BCUT2D eigenvalue weighted by Crippen LogP contribution is -2.26. The third kappa shape index (κ3) is 7.25. The van der Waals surface area contributed by atoms with Crippen molar-refractivity contribution in [2.45, 2.75) is 0 Å². The van der Waals surface area contributed by atoms with Gasteiger partial charge in [-0.15, -0.1) is 10.5 Å². The predicted molar refractivity (Wildman–Crippen MR) is 217 cm³/mol. The molecule has 0 fully saturated rings. The molecular formula is C46H32F4NOP2+. The van der Waals surface area contributed by atoms with E-state index < -0.39 is 49.7 Å². The number of halogens is 4. The second kappa shape index (κ2) is 16.5. The van der Waals surface area contributed by atoms with E-state index >= 15 is 17.6 Å². The highest BCUT2D eigenvalue weighted by Gasteiger charge is 2.46. The Bertz CT molecular complexity index is 2340. The van der Waals surface area contributed by atoms with Crippen LogP contribution in [0.5, 0.6) is 0 Å². The summed E-state index contributed by atoms with van der Waals surface area (Å²) < 4.78 is 69.3. The Hall–Kier alpha value is -5.76. The van der Waals surface area contributed by atoms with Crippen LogP contribution in [0.3, 0.4) is 0 Å². The van der Waals surface area contributed by atoms with E-state index in [1.54, 1.807) is 48.6 Å². The first kappa shape index (κ1) is 36.6. The Morgan fingerprint density at radius 2 is 1.09 bits per heavy atom. The molecule has 6 aromatic carbocycles. The summed E-state index contributed by atoms with van der Waals surface area (Å²) in [7, 11) is -4.06. The van der Waals surface area contributed by atoms with Crippen LogP contribution in [-0.2, 0) is 0 Å². The van der Waals surface area contributed by atoms with Crippen LogP contribution in [0, 0.1) is 23.3 Å². The molecular weight excluding hydrogens is 720 g/mol. The Morgan fingerprint density at radius 1 is 0.630 bits per heavy atom. The molecule has 0 unspecified atom stereocenters. The first-order valence-electron chi connectivity index (χ1n) is 17.1. The molecule has 0 heterocycles. The van der Waals surface area contributed by atoms with Crippen molar-refractivity contribution in [1.82, 2.24) is 0 Å². The first-order valence-corrected chi connectivity index (χ1v) is 20.6. The lowest BCUT2D eigenvalue weighted by atomic mass is 9.89. The smallest absolute Gasteiger partial charge is 0.202 e. The van der Waals surface area contributed by atoms with Gasteiger partial charge >= 0.3 is 0 Å². The molecule has 54 heavy (non-hydrogen) atoms. The SMILES string of the molecule is O=Cc1c(F)c(F)c(C(/C=N/[P+](CP(c2ccccc2)c2ccccc2)(c2ccccc2)c2ccccc2)=C(\C2=C=CC=C2)c2ccccc2)c(F)c1F. The van der Waals surface area contributed by atoms with E-state index in [1.807, 2.05) is 97.1 Å². The molecule has 264 valence electrons. The van der Waals surface area contributed by atoms with Gasteiger partial charge in [-0.1, -0.05) is 133 Å². The molecule has 1 aliphatic carbocycles. The number of hydrogen-bond donors (Lipinski definition) is 0. The summed E-state index contributed by atoms with van der Waals surface area (Å²) in [6.07, 6.45) is 6.22. The van der Waals surface area contributed by atoms with E-state index in [-0.39, 0.29) is 17.4 Å². The number of nitrogens with zero attached hydrogens (tertiary/aromatic N) is 1. The maximum Gasteiger partial charge on any atom is 0.202 e. The van der Waals surface area contributed by atoms with Gasteiger partial charge in [0.2, 0.25) is 7.41 Å². The molecule has 8 heteroatoms. The van der Waals surface area contributed by atoms with Crippen molar-refractivity contribution in [3.05, 3.63) is 221 Å². The minimum atomic E-state index is -2.97. The fourth-order valence-electron chi connectivity index (χ4n) is 6.51. The van der Waals surface area contributed by atoms with Gasteiger partial charge in [0.05, 0.1) is 17.3 Å². The summed E-state index contributed by atoms with van der Waals surface area (Å²) in [5, 5.41) is 4.04. The van der Waals surface area contributed by atoms with Gasteiger partial charge in [-0.2, -0.15) is 0 Å². The van der Waals surface area contributed by atoms with E-state index in [0.717, 1.165) is 21.2 Å². The van der Waals surface area contributed by atoms with Gasteiger partial charge in [-0.3, -0.25) is 4.79 Å². The molecule has 0 aliphatic heterocycles. The molecule has 0 aromatic heterocycles. The Morgan fingerprint density at radius 3 is 1.54 bits per heavy atom. The minimum absolute atomic E-state index is 0.200. The van der Waals surface area contributed by atoms with Gasteiger partial charge in [-0.05, 0) is 60.5 Å². The van der Waals surface area contributed by atoms with Gasteiger partial charge in [-0.25, -0.2) is 17.6 Å². The van der Waals surface area contributed by atoms with E-state index in [4.69, 9.17) is 4.76 Å². The maximum absolute atomic E-state index is 16.3. The molecule has 6 aromatic rings. The van der Waals surface area contributed by atoms with Crippen LogP contribution in [0.4, 0.5) is 17.6 Å². The average molecular weight is 753 g/mol. The van der Waals surface area contributed by atoms with Crippen molar-refractivity contribution in [3.8, 4) is 0 Å². The van der Waals surface area contributed by atoms with Crippen LogP contribution >= 0.6 is 15.3 Å². The Kier molecular flexibility index (Phi) is 11.2. The molecule has 0 spiro atoms. The number of aldehydes is 1. The average Bonchev–Trinajstić information content (AvgIpc) is 3.77. The monoisotopic (exact) mass is 752 g/mol. The number of carbonyl (C=O) groups is 1. The molecule has 0 saturated heterocycles. The van der Waals surface area contributed by atoms with Crippen LogP contribution in [0.25, 0.3) is 11.1 Å².